The minimum Gasteiger partial charge on any atom is -0.435 e. The van der Waals surface area contributed by atoms with Crippen LogP contribution in [0.1, 0.15) is 35.5 Å². The molecule has 0 saturated carbocycles. The van der Waals surface area contributed by atoms with Crippen LogP contribution in [0.25, 0.3) is 0 Å². The van der Waals surface area contributed by atoms with Crippen molar-refractivity contribution in [2.45, 2.75) is 32.3 Å². The number of aromatic nitrogens is 1. The Labute approximate surface area is 119 Å². The monoisotopic (exact) mass is 281 g/mol. The summed E-state index contributed by atoms with van der Waals surface area (Å²) in [6, 6.07) is 0. The molecular formula is C14H23N3O3. The lowest BCUT2D eigenvalue weighted by Gasteiger charge is -2.26. The first-order valence-electron chi connectivity index (χ1n) is 6.97. The summed E-state index contributed by atoms with van der Waals surface area (Å²) >= 11 is 0. The standard InChI is InChI=1S/C14H23N3O3/c1-5-11-15-10(2)12(20-11)13(18)17-7-6-14(19,9-17)8-16(3)4/h19H,5-9H2,1-4H3/t14-/m0/s1. The number of rotatable bonds is 4. The van der Waals surface area contributed by atoms with E-state index in [0.29, 0.717) is 49.8 Å². The highest BCUT2D eigenvalue weighted by molar-refractivity contribution is 5.92. The van der Waals surface area contributed by atoms with Gasteiger partial charge in [-0.15, -0.1) is 0 Å². The van der Waals surface area contributed by atoms with Crippen molar-refractivity contribution in [1.29, 1.82) is 0 Å². The first kappa shape index (κ1) is 15.0. The number of oxazole rings is 1. The molecule has 1 atom stereocenters. The fourth-order valence-electron chi connectivity index (χ4n) is 2.69. The molecule has 1 saturated heterocycles. The number of amides is 1. The molecule has 1 amide bonds. The van der Waals surface area contributed by atoms with Gasteiger partial charge in [0.25, 0.3) is 5.91 Å². The summed E-state index contributed by atoms with van der Waals surface area (Å²) in [6.07, 6.45) is 1.25. The van der Waals surface area contributed by atoms with E-state index in [1.807, 2.05) is 25.9 Å². The van der Waals surface area contributed by atoms with Gasteiger partial charge in [0, 0.05) is 19.5 Å². The number of carbonyl (C=O) groups excluding carboxylic acids is 1. The van der Waals surface area contributed by atoms with Crippen molar-refractivity contribution >= 4 is 5.91 Å². The number of β-amino-alcohol motifs (C(OH)–C–C–N with tert-alkyl or cyclic N) is 1. The third-order valence-electron chi connectivity index (χ3n) is 3.57. The number of aliphatic hydroxyl groups is 1. The van der Waals surface area contributed by atoms with Gasteiger partial charge in [0.1, 0.15) is 0 Å². The fraction of sp³-hybridized carbons (Fsp3) is 0.714. The van der Waals surface area contributed by atoms with E-state index in [1.165, 1.54) is 0 Å². The minimum absolute atomic E-state index is 0.176. The number of hydrogen-bond acceptors (Lipinski definition) is 5. The fourth-order valence-corrected chi connectivity index (χ4v) is 2.69. The molecule has 1 N–H and O–H groups in total. The van der Waals surface area contributed by atoms with Gasteiger partial charge in [-0.2, -0.15) is 0 Å². The summed E-state index contributed by atoms with van der Waals surface area (Å²) in [5, 5.41) is 10.5. The van der Waals surface area contributed by atoms with Crippen LogP contribution in [0.4, 0.5) is 0 Å². The first-order chi connectivity index (χ1) is 9.34. The molecule has 1 aromatic heterocycles. The van der Waals surface area contributed by atoms with Crippen LogP contribution in [-0.2, 0) is 6.42 Å². The topological polar surface area (TPSA) is 69.8 Å². The molecule has 0 aromatic carbocycles. The number of hydrogen-bond donors (Lipinski definition) is 1. The van der Waals surface area contributed by atoms with Crippen LogP contribution >= 0.6 is 0 Å². The van der Waals surface area contributed by atoms with E-state index in [0.717, 1.165) is 0 Å². The molecule has 1 aromatic rings. The highest BCUT2D eigenvalue weighted by Crippen LogP contribution is 2.24. The average molecular weight is 281 g/mol. The molecule has 0 unspecified atom stereocenters. The molecule has 1 aliphatic heterocycles. The van der Waals surface area contributed by atoms with Gasteiger partial charge in [0.15, 0.2) is 5.89 Å². The molecule has 1 aliphatic rings. The van der Waals surface area contributed by atoms with Gasteiger partial charge < -0.3 is 19.3 Å². The Morgan fingerprint density at radius 2 is 2.25 bits per heavy atom. The van der Waals surface area contributed by atoms with Gasteiger partial charge in [-0.05, 0) is 27.4 Å². The van der Waals surface area contributed by atoms with Crippen LogP contribution in [-0.4, -0.2) is 65.1 Å². The number of carbonyl (C=O) groups is 1. The minimum atomic E-state index is -0.833. The van der Waals surface area contributed by atoms with E-state index in [2.05, 4.69) is 4.98 Å². The zero-order valence-corrected chi connectivity index (χ0v) is 12.6. The van der Waals surface area contributed by atoms with Crippen LogP contribution in [0.2, 0.25) is 0 Å². The number of likely N-dealkylation sites (N-methyl/N-ethyl adjacent to an activating group) is 1. The molecule has 2 rings (SSSR count). The summed E-state index contributed by atoms with van der Waals surface area (Å²) in [6.45, 7) is 5.14. The van der Waals surface area contributed by atoms with E-state index in [4.69, 9.17) is 4.42 Å². The van der Waals surface area contributed by atoms with E-state index in [1.54, 1.807) is 11.8 Å². The molecule has 0 aliphatic carbocycles. The highest BCUT2D eigenvalue weighted by Gasteiger charge is 2.39. The molecule has 20 heavy (non-hydrogen) atoms. The van der Waals surface area contributed by atoms with E-state index >= 15 is 0 Å². The van der Waals surface area contributed by atoms with Crippen LogP contribution in [0.3, 0.4) is 0 Å². The van der Waals surface area contributed by atoms with E-state index in [9.17, 15) is 9.90 Å². The highest BCUT2D eigenvalue weighted by atomic mass is 16.4. The normalized spacial score (nSPS) is 22.8. The summed E-state index contributed by atoms with van der Waals surface area (Å²) in [5.74, 6) is 0.703. The number of nitrogens with zero attached hydrogens (tertiary/aromatic N) is 3. The third-order valence-corrected chi connectivity index (χ3v) is 3.57. The Balaban J connectivity index is 2.09. The van der Waals surface area contributed by atoms with Gasteiger partial charge >= 0.3 is 0 Å². The van der Waals surface area contributed by atoms with Crippen molar-refractivity contribution in [3.05, 3.63) is 17.3 Å². The van der Waals surface area contributed by atoms with E-state index in [-0.39, 0.29) is 5.91 Å². The quantitative estimate of drug-likeness (QED) is 0.879. The second kappa shape index (κ2) is 5.54. The lowest BCUT2D eigenvalue weighted by molar-refractivity contribution is 0.0231. The summed E-state index contributed by atoms with van der Waals surface area (Å²) < 4.78 is 5.49. The van der Waals surface area contributed by atoms with Crippen molar-refractivity contribution in [2.75, 3.05) is 33.7 Å². The molecule has 6 nitrogen and oxygen atoms in total. The van der Waals surface area contributed by atoms with Crippen LogP contribution in [0.15, 0.2) is 4.42 Å². The largest absolute Gasteiger partial charge is 0.435 e. The van der Waals surface area contributed by atoms with Gasteiger partial charge in [0.05, 0.1) is 17.8 Å². The molecule has 0 spiro atoms. The Bertz CT molecular complexity index is 498. The molecule has 1 fully saturated rings. The first-order valence-corrected chi connectivity index (χ1v) is 6.97. The van der Waals surface area contributed by atoms with Gasteiger partial charge in [-0.3, -0.25) is 4.79 Å². The van der Waals surface area contributed by atoms with Crippen molar-refractivity contribution in [1.82, 2.24) is 14.8 Å². The maximum Gasteiger partial charge on any atom is 0.291 e. The Morgan fingerprint density at radius 1 is 1.55 bits per heavy atom. The smallest absolute Gasteiger partial charge is 0.291 e. The average Bonchev–Trinajstić information content (AvgIpc) is 2.91. The Hall–Kier alpha value is -1.40. The molecule has 6 heteroatoms. The molecular weight excluding hydrogens is 258 g/mol. The predicted molar refractivity (Wildman–Crippen MR) is 74.6 cm³/mol. The van der Waals surface area contributed by atoms with Crippen LogP contribution < -0.4 is 0 Å². The second-order valence-electron chi connectivity index (χ2n) is 5.81. The van der Waals surface area contributed by atoms with Crippen LogP contribution in [0, 0.1) is 6.92 Å². The number of aryl methyl sites for hydroxylation is 2. The summed E-state index contributed by atoms with van der Waals surface area (Å²) in [5.41, 5.74) is -0.212. The third kappa shape index (κ3) is 3.02. The summed E-state index contributed by atoms with van der Waals surface area (Å²) in [4.78, 5) is 20.2. The van der Waals surface area contributed by atoms with Crippen molar-refractivity contribution in [2.24, 2.45) is 0 Å². The Morgan fingerprint density at radius 3 is 2.80 bits per heavy atom. The van der Waals surface area contributed by atoms with Gasteiger partial charge in [-0.1, -0.05) is 6.92 Å². The molecule has 2 heterocycles. The maximum absolute atomic E-state index is 12.4. The van der Waals surface area contributed by atoms with Gasteiger partial charge in [0.2, 0.25) is 5.76 Å². The van der Waals surface area contributed by atoms with E-state index < -0.39 is 5.60 Å². The zero-order chi connectivity index (χ0) is 14.9. The summed E-state index contributed by atoms with van der Waals surface area (Å²) in [7, 11) is 3.83. The molecule has 112 valence electrons. The lowest BCUT2D eigenvalue weighted by Crippen LogP contribution is -2.43. The number of likely N-dealkylation sites (tertiary alicyclic amines) is 1. The second-order valence-corrected chi connectivity index (χ2v) is 5.81. The molecule has 0 bridgehead atoms. The van der Waals surface area contributed by atoms with Crippen molar-refractivity contribution < 1.29 is 14.3 Å². The zero-order valence-electron chi connectivity index (χ0n) is 12.6. The van der Waals surface area contributed by atoms with Crippen molar-refractivity contribution in [3.63, 3.8) is 0 Å². The lowest BCUT2D eigenvalue weighted by atomic mass is 10.0. The maximum atomic E-state index is 12.4. The molecule has 0 radical (unpaired) electrons. The predicted octanol–water partition coefficient (Wildman–Crippen LogP) is 0.684. The van der Waals surface area contributed by atoms with Crippen molar-refractivity contribution in [3.8, 4) is 0 Å². The Kier molecular flexibility index (Phi) is 4.15. The SMILES string of the molecule is CCc1nc(C)c(C(=O)N2CC[C@](O)(CN(C)C)C2)o1. The van der Waals surface area contributed by atoms with Gasteiger partial charge in [-0.25, -0.2) is 4.98 Å². The van der Waals surface area contributed by atoms with Crippen LogP contribution in [0.5, 0.6) is 0 Å².